The predicted octanol–water partition coefficient (Wildman–Crippen LogP) is 2.25. The molecule has 0 radical (unpaired) electrons. The topological polar surface area (TPSA) is 98.0 Å². The third-order valence-corrected chi connectivity index (χ3v) is 3.30. The SMILES string of the molecule is CCOc1ccn2ncc(C(=O)O)c2n1.CNCCOc1ccc(F)cc1. The first kappa shape index (κ1) is 20.1. The van der Waals surface area contributed by atoms with Crippen molar-refractivity contribution >= 4 is 11.6 Å². The third kappa shape index (κ3) is 5.93. The second kappa shape index (κ2) is 10.1. The number of likely N-dealkylation sites (N-methyl/N-ethyl adjacent to an activating group) is 1. The lowest BCUT2D eigenvalue weighted by atomic mass is 10.3. The molecule has 0 spiro atoms. The van der Waals surface area contributed by atoms with Crippen molar-refractivity contribution in [2.75, 3.05) is 26.8 Å². The molecule has 0 fully saturated rings. The third-order valence-electron chi connectivity index (χ3n) is 3.30. The zero-order chi connectivity index (χ0) is 19.6. The molecule has 3 rings (SSSR count). The summed E-state index contributed by atoms with van der Waals surface area (Å²) in [6.45, 7) is 3.71. The van der Waals surface area contributed by atoms with Crippen LogP contribution >= 0.6 is 0 Å². The molecule has 2 aromatic heterocycles. The van der Waals surface area contributed by atoms with Crippen molar-refractivity contribution in [2.45, 2.75) is 6.92 Å². The highest BCUT2D eigenvalue weighted by Crippen LogP contribution is 2.13. The van der Waals surface area contributed by atoms with Gasteiger partial charge in [0.25, 0.3) is 0 Å². The van der Waals surface area contributed by atoms with Gasteiger partial charge in [-0.3, -0.25) is 0 Å². The van der Waals surface area contributed by atoms with Crippen molar-refractivity contribution in [1.29, 1.82) is 0 Å². The lowest BCUT2D eigenvalue weighted by Gasteiger charge is -2.04. The van der Waals surface area contributed by atoms with Crippen LogP contribution in [0.3, 0.4) is 0 Å². The van der Waals surface area contributed by atoms with Crippen molar-refractivity contribution < 1.29 is 23.8 Å². The summed E-state index contributed by atoms with van der Waals surface area (Å²) in [5.41, 5.74) is 0.352. The van der Waals surface area contributed by atoms with E-state index in [9.17, 15) is 9.18 Å². The van der Waals surface area contributed by atoms with Crippen LogP contribution in [0.5, 0.6) is 11.6 Å². The maximum atomic E-state index is 12.4. The molecule has 0 aliphatic rings. The number of nitrogens with zero attached hydrogens (tertiary/aromatic N) is 3. The number of carboxylic acids is 1. The van der Waals surface area contributed by atoms with Crippen LogP contribution in [0.1, 0.15) is 17.3 Å². The van der Waals surface area contributed by atoms with Crippen LogP contribution in [-0.4, -0.2) is 52.5 Å². The molecular weight excluding hydrogens is 355 g/mol. The molecule has 0 saturated heterocycles. The summed E-state index contributed by atoms with van der Waals surface area (Å²) in [6.07, 6.45) is 2.88. The van der Waals surface area contributed by atoms with E-state index >= 15 is 0 Å². The average Bonchev–Trinajstić information content (AvgIpc) is 3.08. The lowest BCUT2D eigenvalue weighted by molar-refractivity contribution is 0.0698. The minimum atomic E-state index is -1.05. The first-order valence-electron chi connectivity index (χ1n) is 8.28. The van der Waals surface area contributed by atoms with Gasteiger partial charge in [-0.15, -0.1) is 0 Å². The molecule has 2 heterocycles. The highest BCUT2D eigenvalue weighted by Gasteiger charge is 2.12. The highest BCUT2D eigenvalue weighted by molar-refractivity contribution is 5.94. The molecule has 144 valence electrons. The van der Waals surface area contributed by atoms with Gasteiger partial charge >= 0.3 is 5.97 Å². The number of ether oxygens (including phenoxy) is 2. The molecule has 9 heteroatoms. The average molecular weight is 376 g/mol. The largest absolute Gasteiger partial charge is 0.492 e. The van der Waals surface area contributed by atoms with E-state index in [-0.39, 0.29) is 17.0 Å². The van der Waals surface area contributed by atoms with Crippen LogP contribution in [-0.2, 0) is 0 Å². The van der Waals surface area contributed by atoms with Crippen molar-refractivity contribution in [2.24, 2.45) is 0 Å². The first-order chi connectivity index (χ1) is 13.0. The summed E-state index contributed by atoms with van der Waals surface area (Å²) in [7, 11) is 1.86. The zero-order valence-corrected chi connectivity index (χ0v) is 15.1. The van der Waals surface area contributed by atoms with Crippen molar-refractivity contribution in [1.82, 2.24) is 19.9 Å². The molecule has 1 aromatic carbocycles. The molecule has 8 nitrogen and oxygen atoms in total. The summed E-state index contributed by atoms with van der Waals surface area (Å²) >= 11 is 0. The Morgan fingerprint density at radius 3 is 2.63 bits per heavy atom. The summed E-state index contributed by atoms with van der Waals surface area (Å²) in [4.78, 5) is 14.9. The molecule has 0 saturated carbocycles. The quantitative estimate of drug-likeness (QED) is 0.610. The van der Waals surface area contributed by atoms with Gasteiger partial charge < -0.3 is 19.9 Å². The maximum absolute atomic E-state index is 12.4. The molecule has 2 N–H and O–H groups in total. The number of hydrogen-bond donors (Lipinski definition) is 2. The Balaban J connectivity index is 0.000000199. The van der Waals surface area contributed by atoms with Gasteiger partial charge in [0, 0.05) is 18.8 Å². The van der Waals surface area contributed by atoms with E-state index in [1.165, 1.54) is 22.8 Å². The van der Waals surface area contributed by atoms with Gasteiger partial charge in [0.1, 0.15) is 23.7 Å². The Bertz CT molecular complexity index is 867. The van der Waals surface area contributed by atoms with Crippen LogP contribution in [0.2, 0.25) is 0 Å². The minimum Gasteiger partial charge on any atom is -0.492 e. The molecule has 0 unspecified atom stereocenters. The van der Waals surface area contributed by atoms with E-state index in [1.54, 1.807) is 24.4 Å². The predicted molar refractivity (Wildman–Crippen MR) is 96.9 cm³/mol. The Morgan fingerprint density at radius 2 is 2.00 bits per heavy atom. The highest BCUT2D eigenvalue weighted by atomic mass is 19.1. The number of nitrogens with one attached hydrogen (secondary N) is 1. The number of carbonyl (C=O) groups is 1. The monoisotopic (exact) mass is 376 g/mol. The summed E-state index contributed by atoms with van der Waals surface area (Å²) in [5, 5.41) is 15.7. The van der Waals surface area contributed by atoms with Gasteiger partial charge in [-0.25, -0.2) is 13.7 Å². The second-order valence-electron chi connectivity index (χ2n) is 5.24. The second-order valence-corrected chi connectivity index (χ2v) is 5.24. The van der Waals surface area contributed by atoms with Gasteiger partial charge in [0.15, 0.2) is 5.65 Å². The van der Waals surface area contributed by atoms with E-state index < -0.39 is 5.97 Å². The van der Waals surface area contributed by atoms with Crippen LogP contribution in [0.25, 0.3) is 5.65 Å². The number of hydrogen-bond acceptors (Lipinski definition) is 6. The van der Waals surface area contributed by atoms with Crippen molar-refractivity contribution in [3.8, 4) is 11.6 Å². The van der Waals surface area contributed by atoms with E-state index in [0.29, 0.717) is 24.8 Å². The molecule has 0 amide bonds. The molecule has 0 bridgehead atoms. The number of aromatic carboxylic acids is 1. The summed E-state index contributed by atoms with van der Waals surface area (Å²) in [5.74, 6) is -0.193. The van der Waals surface area contributed by atoms with Crippen molar-refractivity contribution in [3.05, 3.63) is 54.1 Å². The minimum absolute atomic E-state index is 0.0663. The Labute approximate surface area is 155 Å². The van der Waals surface area contributed by atoms with Gasteiger partial charge in [0.2, 0.25) is 5.88 Å². The Hall–Kier alpha value is -3.20. The number of halogens is 1. The lowest BCUT2D eigenvalue weighted by Crippen LogP contribution is -2.15. The molecule has 0 aliphatic carbocycles. The molecule has 0 atom stereocenters. The Kier molecular flexibility index (Phi) is 7.50. The zero-order valence-electron chi connectivity index (χ0n) is 15.1. The number of benzene rings is 1. The van der Waals surface area contributed by atoms with Crippen LogP contribution < -0.4 is 14.8 Å². The summed E-state index contributed by atoms with van der Waals surface area (Å²) < 4.78 is 24.2. The molecule has 0 aliphatic heterocycles. The van der Waals surface area contributed by atoms with Gasteiger partial charge in [0.05, 0.1) is 12.8 Å². The maximum Gasteiger partial charge on any atom is 0.341 e. The standard InChI is InChI=1S/C9H12FNO.C9H9N3O3/c1-11-6-7-12-9-4-2-8(10)3-5-9;1-2-15-7-3-4-12-8(11-7)6(5-10-12)9(13)14/h2-5,11H,6-7H2,1H3;3-5H,2H2,1H3,(H,13,14). The van der Waals surface area contributed by atoms with E-state index in [2.05, 4.69) is 15.4 Å². The fourth-order valence-corrected chi connectivity index (χ4v) is 2.03. The fourth-order valence-electron chi connectivity index (χ4n) is 2.03. The van der Waals surface area contributed by atoms with E-state index in [1.807, 2.05) is 14.0 Å². The number of aromatic nitrogens is 3. The number of rotatable bonds is 7. The molecular formula is C18H21FN4O4. The first-order valence-corrected chi connectivity index (χ1v) is 8.28. The number of fused-ring (bicyclic) bond motifs is 1. The van der Waals surface area contributed by atoms with Crippen LogP contribution in [0.15, 0.2) is 42.7 Å². The van der Waals surface area contributed by atoms with E-state index in [0.717, 1.165) is 6.54 Å². The Morgan fingerprint density at radius 1 is 1.26 bits per heavy atom. The van der Waals surface area contributed by atoms with Gasteiger partial charge in [-0.1, -0.05) is 0 Å². The number of carboxylic acid groups (broad SMARTS) is 1. The van der Waals surface area contributed by atoms with Crippen LogP contribution in [0, 0.1) is 5.82 Å². The van der Waals surface area contributed by atoms with Crippen LogP contribution in [0.4, 0.5) is 4.39 Å². The normalized spacial score (nSPS) is 10.2. The summed E-state index contributed by atoms with van der Waals surface area (Å²) in [6, 6.07) is 7.63. The van der Waals surface area contributed by atoms with Crippen molar-refractivity contribution in [3.63, 3.8) is 0 Å². The van der Waals surface area contributed by atoms with Gasteiger partial charge in [-0.05, 0) is 38.2 Å². The van der Waals surface area contributed by atoms with E-state index in [4.69, 9.17) is 14.6 Å². The molecule has 3 aromatic rings. The fraction of sp³-hybridized carbons (Fsp3) is 0.278. The molecule has 27 heavy (non-hydrogen) atoms. The van der Waals surface area contributed by atoms with Gasteiger partial charge in [-0.2, -0.15) is 10.1 Å². The smallest absolute Gasteiger partial charge is 0.341 e.